The third-order valence-electron chi connectivity index (χ3n) is 2.06. The summed E-state index contributed by atoms with van der Waals surface area (Å²) in [4.78, 5) is 10.5. The molecular formula is C11H9ClN2O2. The molecule has 0 saturated carbocycles. The van der Waals surface area contributed by atoms with Crippen molar-refractivity contribution in [3.8, 4) is 11.3 Å². The second-order valence-corrected chi connectivity index (χ2v) is 3.74. The lowest BCUT2D eigenvalue weighted by Gasteiger charge is -1.97. The SMILES string of the molecule is O=C(O)Cn1ccc(-c2cccc(Cl)c2)n1. The highest BCUT2D eigenvalue weighted by atomic mass is 35.5. The summed E-state index contributed by atoms with van der Waals surface area (Å²) < 4.78 is 1.37. The predicted octanol–water partition coefficient (Wildman–Crippen LogP) is 2.29. The highest BCUT2D eigenvalue weighted by Crippen LogP contribution is 2.20. The number of nitrogens with zero attached hydrogens (tertiary/aromatic N) is 2. The summed E-state index contributed by atoms with van der Waals surface area (Å²) >= 11 is 5.86. The van der Waals surface area contributed by atoms with Crippen molar-refractivity contribution in [2.45, 2.75) is 6.54 Å². The average Bonchev–Trinajstić information content (AvgIpc) is 2.65. The molecule has 1 aromatic carbocycles. The Morgan fingerprint density at radius 1 is 1.44 bits per heavy atom. The van der Waals surface area contributed by atoms with Gasteiger partial charge in [-0.1, -0.05) is 23.7 Å². The molecule has 0 amide bonds. The molecule has 16 heavy (non-hydrogen) atoms. The Bertz CT molecular complexity index is 522. The molecule has 0 bridgehead atoms. The van der Waals surface area contributed by atoms with Gasteiger partial charge >= 0.3 is 5.97 Å². The average molecular weight is 237 g/mol. The van der Waals surface area contributed by atoms with Crippen molar-refractivity contribution in [1.29, 1.82) is 0 Å². The Balaban J connectivity index is 2.28. The molecule has 0 atom stereocenters. The molecule has 2 rings (SSSR count). The van der Waals surface area contributed by atoms with Gasteiger partial charge in [0.25, 0.3) is 0 Å². The Hall–Kier alpha value is -1.81. The van der Waals surface area contributed by atoms with Crippen molar-refractivity contribution in [2.75, 3.05) is 0 Å². The molecule has 0 fully saturated rings. The number of carbonyl (C=O) groups is 1. The van der Waals surface area contributed by atoms with Crippen molar-refractivity contribution in [2.24, 2.45) is 0 Å². The van der Waals surface area contributed by atoms with Gasteiger partial charge in [-0.15, -0.1) is 0 Å². The number of hydrogen-bond acceptors (Lipinski definition) is 2. The molecule has 1 heterocycles. The van der Waals surface area contributed by atoms with Crippen LogP contribution in [0.2, 0.25) is 5.02 Å². The molecule has 0 aliphatic heterocycles. The van der Waals surface area contributed by atoms with E-state index in [4.69, 9.17) is 16.7 Å². The van der Waals surface area contributed by atoms with E-state index in [9.17, 15) is 4.79 Å². The molecule has 1 aromatic heterocycles. The van der Waals surface area contributed by atoms with Crippen LogP contribution in [0.3, 0.4) is 0 Å². The van der Waals surface area contributed by atoms with Crippen LogP contribution >= 0.6 is 11.6 Å². The standard InChI is InChI=1S/C11H9ClN2O2/c12-9-3-1-2-8(6-9)10-4-5-14(13-10)7-11(15)16/h1-6H,7H2,(H,15,16). The molecule has 0 radical (unpaired) electrons. The first kappa shape index (κ1) is 10.7. The third-order valence-corrected chi connectivity index (χ3v) is 2.29. The van der Waals surface area contributed by atoms with Gasteiger partial charge in [-0.2, -0.15) is 5.10 Å². The lowest BCUT2D eigenvalue weighted by atomic mass is 10.2. The number of carboxylic acids is 1. The Labute approximate surface area is 97.1 Å². The molecule has 0 aliphatic rings. The van der Waals surface area contributed by atoms with Crippen molar-refractivity contribution >= 4 is 17.6 Å². The highest BCUT2D eigenvalue weighted by Gasteiger charge is 2.04. The van der Waals surface area contributed by atoms with Crippen LogP contribution < -0.4 is 0 Å². The van der Waals surface area contributed by atoms with E-state index in [1.165, 1.54) is 4.68 Å². The van der Waals surface area contributed by atoms with Crippen LogP contribution in [0.15, 0.2) is 36.5 Å². The number of hydrogen-bond donors (Lipinski definition) is 1. The Morgan fingerprint density at radius 3 is 2.94 bits per heavy atom. The molecule has 0 aliphatic carbocycles. The number of aliphatic carboxylic acids is 1. The van der Waals surface area contributed by atoms with Gasteiger partial charge < -0.3 is 5.11 Å². The van der Waals surface area contributed by atoms with E-state index in [-0.39, 0.29) is 6.54 Å². The molecule has 4 nitrogen and oxygen atoms in total. The maximum absolute atomic E-state index is 10.5. The fourth-order valence-corrected chi connectivity index (χ4v) is 1.58. The predicted molar refractivity (Wildman–Crippen MR) is 60.3 cm³/mol. The topological polar surface area (TPSA) is 55.1 Å². The maximum atomic E-state index is 10.5. The Morgan fingerprint density at radius 2 is 2.25 bits per heavy atom. The number of carboxylic acid groups (broad SMARTS) is 1. The molecule has 0 unspecified atom stereocenters. The fourth-order valence-electron chi connectivity index (χ4n) is 1.39. The van der Waals surface area contributed by atoms with Gasteiger partial charge in [0.05, 0.1) is 5.69 Å². The fraction of sp³-hybridized carbons (Fsp3) is 0.0909. The van der Waals surface area contributed by atoms with Crippen LogP contribution in [-0.2, 0) is 11.3 Å². The van der Waals surface area contributed by atoms with E-state index in [1.54, 1.807) is 24.4 Å². The summed E-state index contributed by atoms with van der Waals surface area (Å²) in [5, 5.41) is 13.4. The van der Waals surface area contributed by atoms with Gasteiger partial charge in [0.1, 0.15) is 6.54 Å². The number of rotatable bonds is 3. The quantitative estimate of drug-likeness (QED) is 0.890. The second kappa shape index (κ2) is 4.37. The summed E-state index contributed by atoms with van der Waals surface area (Å²) in [6, 6.07) is 9.02. The van der Waals surface area contributed by atoms with E-state index in [0.29, 0.717) is 10.7 Å². The minimum Gasteiger partial charge on any atom is -0.480 e. The highest BCUT2D eigenvalue weighted by molar-refractivity contribution is 6.30. The summed E-state index contributed by atoms with van der Waals surface area (Å²) in [5.41, 5.74) is 1.58. The zero-order chi connectivity index (χ0) is 11.5. The summed E-state index contributed by atoms with van der Waals surface area (Å²) in [6.07, 6.45) is 1.63. The van der Waals surface area contributed by atoms with Crippen LogP contribution in [0, 0.1) is 0 Å². The van der Waals surface area contributed by atoms with Crippen LogP contribution in [0.25, 0.3) is 11.3 Å². The number of benzene rings is 1. The van der Waals surface area contributed by atoms with Gasteiger partial charge in [0.2, 0.25) is 0 Å². The maximum Gasteiger partial charge on any atom is 0.325 e. The molecule has 2 aromatic rings. The van der Waals surface area contributed by atoms with Crippen molar-refractivity contribution in [1.82, 2.24) is 9.78 Å². The molecule has 1 N–H and O–H groups in total. The van der Waals surface area contributed by atoms with Crippen LogP contribution in [-0.4, -0.2) is 20.9 Å². The van der Waals surface area contributed by atoms with Crippen molar-refractivity contribution in [3.05, 3.63) is 41.6 Å². The first-order valence-corrected chi connectivity index (χ1v) is 5.04. The van der Waals surface area contributed by atoms with Gasteiger partial charge in [-0.25, -0.2) is 0 Å². The number of halogens is 1. The molecule has 82 valence electrons. The van der Waals surface area contributed by atoms with E-state index < -0.39 is 5.97 Å². The van der Waals surface area contributed by atoms with Crippen LogP contribution in [0.1, 0.15) is 0 Å². The van der Waals surface area contributed by atoms with Gasteiger partial charge in [-0.05, 0) is 18.2 Å². The van der Waals surface area contributed by atoms with E-state index in [2.05, 4.69) is 5.10 Å². The van der Waals surface area contributed by atoms with Gasteiger partial charge in [0, 0.05) is 16.8 Å². The molecule has 0 spiro atoms. The molecule has 0 saturated heterocycles. The smallest absolute Gasteiger partial charge is 0.325 e. The van der Waals surface area contributed by atoms with E-state index in [0.717, 1.165) is 5.56 Å². The van der Waals surface area contributed by atoms with E-state index in [1.807, 2.05) is 12.1 Å². The number of aromatic nitrogens is 2. The minimum atomic E-state index is -0.916. The lowest BCUT2D eigenvalue weighted by molar-refractivity contribution is -0.137. The van der Waals surface area contributed by atoms with Crippen molar-refractivity contribution in [3.63, 3.8) is 0 Å². The monoisotopic (exact) mass is 236 g/mol. The summed E-state index contributed by atoms with van der Waals surface area (Å²) in [7, 11) is 0. The lowest BCUT2D eigenvalue weighted by Crippen LogP contribution is -2.08. The largest absolute Gasteiger partial charge is 0.480 e. The first-order valence-electron chi connectivity index (χ1n) is 4.66. The third kappa shape index (κ3) is 2.41. The normalized spacial score (nSPS) is 10.3. The van der Waals surface area contributed by atoms with Gasteiger partial charge in [0.15, 0.2) is 0 Å². The van der Waals surface area contributed by atoms with E-state index >= 15 is 0 Å². The summed E-state index contributed by atoms with van der Waals surface area (Å²) in [5.74, 6) is -0.916. The minimum absolute atomic E-state index is 0.138. The Kier molecular flexibility index (Phi) is 2.92. The van der Waals surface area contributed by atoms with Crippen LogP contribution in [0.5, 0.6) is 0 Å². The molecule has 5 heteroatoms. The van der Waals surface area contributed by atoms with Gasteiger partial charge in [-0.3, -0.25) is 9.48 Å². The summed E-state index contributed by atoms with van der Waals surface area (Å²) in [6.45, 7) is -0.138. The zero-order valence-corrected chi connectivity index (χ0v) is 9.05. The first-order chi connectivity index (χ1) is 7.65. The van der Waals surface area contributed by atoms with Crippen LogP contribution in [0.4, 0.5) is 0 Å². The second-order valence-electron chi connectivity index (χ2n) is 3.30. The molecular weight excluding hydrogens is 228 g/mol. The zero-order valence-electron chi connectivity index (χ0n) is 8.30. The van der Waals surface area contributed by atoms with Crippen molar-refractivity contribution < 1.29 is 9.90 Å².